The zero-order valence-electron chi connectivity index (χ0n) is 7.38. The highest BCUT2D eigenvalue weighted by Gasteiger charge is 2.15. The summed E-state index contributed by atoms with van der Waals surface area (Å²) < 4.78 is 30.2. The van der Waals surface area contributed by atoms with Crippen LogP contribution in [0.25, 0.3) is 0 Å². The Morgan fingerprint density at radius 3 is 2.36 bits per heavy atom. The van der Waals surface area contributed by atoms with Crippen LogP contribution in [0.4, 0.5) is 8.78 Å². The Balaban J connectivity index is 3.02. The molecule has 0 radical (unpaired) electrons. The summed E-state index contributed by atoms with van der Waals surface area (Å²) in [6.45, 7) is 1.50. The predicted molar refractivity (Wildman–Crippen MR) is 43.9 cm³/mol. The number of hydrogen-bond donors (Lipinski definition) is 1. The molecule has 0 saturated carbocycles. The van der Waals surface area contributed by atoms with Crippen LogP contribution in [-0.4, -0.2) is 11.1 Å². The molecule has 3 nitrogen and oxygen atoms in total. The fraction of sp³-hybridized carbons (Fsp3) is 0.222. The minimum atomic E-state index is -1.11. The van der Waals surface area contributed by atoms with Crippen LogP contribution in [0.5, 0.6) is 11.5 Å². The first kappa shape index (κ1) is 10.4. The lowest BCUT2D eigenvalue weighted by atomic mass is 10.3. The first-order chi connectivity index (χ1) is 6.54. The molecule has 0 aromatic heterocycles. The van der Waals surface area contributed by atoms with Gasteiger partial charge in [0.25, 0.3) is 0 Å². The molecule has 0 bridgehead atoms. The first-order valence-corrected chi connectivity index (χ1v) is 3.93. The van der Waals surface area contributed by atoms with Gasteiger partial charge in [-0.25, -0.2) is 8.78 Å². The zero-order chi connectivity index (χ0) is 10.7. The monoisotopic (exact) mass is 202 g/mol. The van der Waals surface area contributed by atoms with Gasteiger partial charge in [0.1, 0.15) is 5.75 Å². The first-order valence-electron chi connectivity index (χ1n) is 3.93. The van der Waals surface area contributed by atoms with E-state index in [0.29, 0.717) is 12.1 Å². The molecule has 1 aromatic rings. The molecular weight excluding hydrogens is 194 g/mol. The van der Waals surface area contributed by atoms with Gasteiger partial charge < -0.3 is 9.84 Å². The lowest BCUT2D eigenvalue weighted by Crippen LogP contribution is -2.08. The fourth-order valence-corrected chi connectivity index (χ4v) is 0.830. The Hall–Kier alpha value is -1.65. The van der Waals surface area contributed by atoms with Gasteiger partial charge in [-0.3, -0.25) is 4.79 Å². The lowest BCUT2D eigenvalue weighted by molar-refractivity contribution is -0.134. The summed E-state index contributed by atoms with van der Waals surface area (Å²) in [5, 5.41) is 8.79. The van der Waals surface area contributed by atoms with Gasteiger partial charge in [0.2, 0.25) is 5.75 Å². The van der Waals surface area contributed by atoms with E-state index in [0.717, 1.165) is 0 Å². The van der Waals surface area contributed by atoms with Crippen LogP contribution in [0.15, 0.2) is 12.1 Å². The van der Waals surface area contributed by atoms with Gasteiger partial charge in [-0.15, -0.1) is 0 Å². The fourth-order valence-electron chi connectivity index (χ4n) is 0.830. The maximum atomic E-state index is 12.9. The number of benzene rings is 1. The van der Waals surface area contributed by atoms with Gasteiger partial charge in [0, 0.05) is 18.6 Å². The molecule has 0 unspecified atom stereocenters. The van der Waals surface area contributed by atoms with E-state index in [1.165, 1.54) is 6.92 Å². The van der Waals surface area contributed by atoms with Gasteiger partial charge in [-0.1, -0.05) is 6.92 Å². The third-order valence-electron chi connectivity index (χ3n) is 1.49. The molecular formula is C9H8F2O3. The van der Waals surface area contributed by atoms with Gasteiger partial charge in [-0.05, 0) is 0 Å². The van der Waals surface area contributed by atoms with Gasteiger partial charge in [0.15, 0.2) is 11.6 Å². The van der Waals surface area contributed by atoms with Gasteiger partial charge in [0.05, 0.1) is 0 Å². The smallest absolute Gasteiger partial charge is 0.311 e. The van der Waals surface area contributed by atoms with Crippen molar-refractivity contribution in [1.29, 1.82) is 0 Å². The summed E-state index contributed by atoms with van der Waals surface area (Å²) in [7, 11) is 0. The van der Waals surface area contributed by atoms with E-state index >= 15 is 0 Å². The summed E-state index contributed by atoms with van der Waals surface area (Å²) in [6, 6.07) is 1.34. The van der Waals surface area contributed by atoms with Crippen molar-refractivity contribution in [2.24, 2.45) is 0 Å². The Morgan fingerprint density at radius 1 is 1.43 bits per heavy atom. The number of rotatable bonds is 2. The second kappa shape index (κ2) is 4.04. The highest BCUT2D eigenvalue weighted by atomic mass is 19.1. The zero-order valence-corrected chi connectivity index (χ0v) is 7.38. The number of ether oxygens (including phenoxy) is 1. The predicted octanol–water partition coefficient (Wildman–Crippen LogP) is 1.99. The molecule has 0 fully saturated rings. The van der Waals surface area contributed by atoms with E-state index in [4.69, 9.17) is 5.11 Å². The Bertz CT molecular complexity index is 340. The van der Waals surface area contributed by atoms with Crippen LogP contribution in [0.2, 0.25) is 0 Å². The van der Waals surface area contributed by atoms with Crippen LogP contribution in [0.3, 0.4) is 0 Å². The van der Waals surface area contributed by atoms with E-state index in [1.807, 2.05) is 0 Å². The van der Waals surface area contributed by atoms with Crippen molar-refractivity contribution < 1.29 is 23.4 Å². The lowest BCUT2D eigenvalue weighted by Gasteiger charge is -2.05. The molecule has 1 rings (SSSR count). The van der Waals surface area contributed by atoms with Crippen molar-refractivity contribution in [2.75, 3.05) is 0 Å². The molecule has 0 aliphatic carbocycles. The molecule has 1 aromatic carbocycles. The van der Waals surface area contributed by atoms with Crippen molar-refractivity contribution in [3.05, 3.63) is 23.8 Å². The second-order valence-corrected chi connectivity index (χ2v) is 2.57. The van der Waals surface area contributed by atoms with E-state index in [-0.39, 0.29) is 6.42 Å². The van der Waals surface area contributed by atoms with E-state index in [2.05, 4.69) is 4.74 Å². The Kier molecular flexibility index (Phi) is 3.01. The van der Waals surface area contributed by atoms with Crippen LogP contribution in [0.1, 0.15) is 13.3 Å². The molecule has 0 aliphatic rings. The van der Waals surface area contributed by atoms with Crippen molar-refractivity contribution in [3.8, 4) is 11.5 Å². The molecule has 0 saturated heterocycles. The summed E-state index contributed by atoms with van der Waals surface area (Å²) in [5.41, 5.74) is 0. The van der Waals surface area contributed by atoms with Crippen LogP contribution < -0.4 is 4.74 Å². The highest BCUT2D eigenvalue weighted by molar-refractivity contribution is 5.72. The summed E-state index contributed by atoms with van der Waals surface area (Å²) >= 11 is 0. The van der Waals surface area contributed by atoms with Crippen LogP contribution >= 0.6 is 0 Å². The SMILES string of the molecule is CCC(=O)Oc1c(F)cc(O)cc1F. The van der Waals surface area contributed by atoms with E-state index in [1.54, 1.807) is 0 Å². The minimum Gasteiger partial charge on any atom is -0.508 e. The van der Waals surface area contributed by atoms with Crippen LogP contribution in [-0.2, 0) is 4.79 Å². The molecule has 14 heavy (non-hydrogen) atoms. The van der Waals surface area contributed by atoms with Gasteiger partial charge in [-0.2, -0.15) is 0 Å². The molecule has 0 spiro atoms. The van der Waals surface area contributed by atoms with Crippen LogP contribution in [0, 0.1) is 11.6 Å². The second-order valence-electron chi connectivity index (χ2n) is 2.57. The quantitative estimate of drug-likeness (QED) is 0.589. The highest BCUT2D eigenvalue weighted by Crippen LogP contribution is 2.26. The van der Waals surface area contributed by atoms with E-state index < -0.39 is 29.1 Å². The average Bonchev–Trinajstić information content (AvgIpc) is 2.10. The minimum absolute atomic E-state index is 0.0136. The summed E-state index contributed by atoms with van der Waals surface area (Å²) in [4.78, 5) is 10.8. The number of phenolic OH excluding ortho intramolecular Hbond substituents is 1. The molecule has 1 N–H and O–H groups in total. The number of hydrogen-bond acceptors (Lipinski definition) is 3. The molecule has 5 heteroatoms. The molecule has 0 aliphatic heterocycles. The third-order valence-corrected chi connectivity index (χ3v) is 1.49. The van der Waals surface area contributed by atoms with Crippen molar-refractivity contribution >= 4 is 5.97 Å². The van der Waals surface area contributed by atoms with Crippen molar-refractivity contribution in [1.82, 2.24) is 0 Å². The number of phenols is 1. The molecule has 0 amide bonds. The van der Waals surface area contributed by atoms with Gasteiger partial charge >= 0.3 is 5.97 Å². The maximum Gasteiger partial charge on any atom is 0.311 e. The normalized spacial score (nSPS) is 9.93. The van der Waals surface area contributed by atoms with Crippen molar-refractivity contribution in [3.63, 3.8) is 0 Å². The third kappa shape index (κ3) is 2.18. The molecule has 0 heterocycles. The number of halogens is 2. The average molecular weight is 202 g/mol. The summed E-state index contributed by atoms with van der Waals surface area (Å²) in [5.74, 6) is -4.30. The Morgan fingerprint density at radius 2 is 1.93 bits per heavy atom. The largest absolute Gasteiger partial charge is 0.508 e. The molecule has 0 atom stereocenters. The topological polar surface area (TPSA) is 46.5 Å². The number of esters is 1. The molecule has 76 valence electrons. The number of aromatic hydroxyl groups is 1. The number of carbonyl (C=O) groups is 1. The van der Waals surface area contributed by atoms with E-state index in [9.17, 15) is 13.6 Å². The van der Waals surface area contributed by atoms with Crippen molar-refractivity contribution in [2.45, 2.75) is 13.3 Å². The Labute approximate surface area is 78.9 Å². The maximum absolute atomic E-state index is 12.9. The number of carbonyl (C=O) groups excluding carboxylic acids is 1. The summed E-state index contributed by atoms with van der Waals surface area (Å²) in [6.07, 6.45) is 0.0136. The standard InChI is InChI=1S/C9H8F2O3/c1-2-8(13)14-9-6(10)3-5(12)4-7(9)11/h3-4,12H,2H2,1H3.